The number of carbonyl (C=O) groups is 2. The molecule has 22 heavy (non-hydrogen) atoms. The number of nitrogens with zero attached hydrogens (tertiary/aromatic N) is 2. The highest BCUT2D eigenvalue weighted by Crippen LogP contribution is 2.26. The minimum absolute atomic E-state index is 0.0484. The number of hydrogen-bond donors (Lipinski definition) is 0. The van der Waals surface area contributed by atoms with Crippen LogP contribution in [-0.4, -0.2) is 46.8 Å². The van der Waals surface area contributed by atoms with Gasteiger partial charge < -0.3 is 9.80 Å². The van der Waals surface area contributed by atoms with Gasteiger partial charge in [-0.15, -0.1) is 0 Å². The molecule has 0 unspecified atom stereocenters. The lowest BCUT2D eigenvalue weighted by Crippen LogP contribution is -2.60. The number of rotatable bonds is 3. The minimum Gasteiger partial charge on any atom is -0.336 e. The molecular weight excluding hydrogens is 300 g/mol. The van der Waals surface area contributed by atoms with E-state index >= 15 is 0 Å². The summed E-state index contributed by atoms with van der Waals surface area (Å²) < 4.78 is 0. The number of benzene rings is 1. The second-order valence-electron chi connectivity index (χ2n) is 6.14. The topological polar surface area (TPSA) is 40.6 Å². The molecule has 4 nitrogen and oxygen atoms in total. The van der Waals surface area contributed by atoms with Gasteiger partial charge in [0, 0.05) is 30.6 Å². The number of amides is 2. The maximum absolute atomic E-state index is 12.5. The molecule has 5 heteroatoms. The molecule has 2 atom stereocenters. The second-order valence-corrected chi connectivity index (χ2v) is 6.55. The fraction of sp³-hybridized carbons (Fsp3) is 0.529. The Bertz CT molecular complexity index is 590. The fourth-order valence-corrected chi connectivity index (χ4v) is 3.71. The fourth-order valence-electron chi connectivity index (χ4n) is 3.48. The Hall–Kier alpha value is -1.55. The van der Waals surface area contributed by atoms with Crippen LogP contribution in [0.2, 0.25) is 5.02 Å². The average Bonchev–Trinajstić information content (AvgIpc) is 2.98. The van der Waals surface area contributed by atoms with Gasteiger partial charge in [0.2, 0.25) is 11.8 Å². The lowest BCUT2D eigenvalue weighted by molar-refractivity contribution is -0.152. The molecule has 0 spiro atoms. The molecule has 0 radical (unpaired) electrons. The summed E-state index contributed by atoms with van der Waals surface area (Å²) >= 11 is 6.13. The summed E-state index contributed by atoms with van der Waals surface area (Å²) in [4.78, 5) is 28.6. The normalized spacial score (nSPS) is 24.5. The van der Waals surface area contributed by atoms with Gasteiger partial charge in [0.1, 0.15) is 6.04 Å². The van der Waals surface area contributed by atoms with E-state index in [4.69, 9.17) is 11.6 Å². The second kappa shape index (κ2) is 6.29. The molecule has 2 aliphatic rings. The van der Waals surface area contributed by atoms with E-state index in [1.54, 1.807) is 4.90 Å². The van der Waals surface area contributed by atoms with Gasteiger partial charge in [0.15, 0.2) is 0 Å². The SMILES string of the molecule is C[C@H]1C(=O)N2CCC[C@@H]2CN1C(=O)CCc1ccccc1Cl. The van der Waals surface area contributed by atoms with Crippen LogP contribution in [0.4, 0.5) is 0 Å². The Morgan fingerprint density at radius 2 is 2.14 bits per heavy atom. The molecule has 0 bridgehead atoms. The first-order valence-corrected chi connectivity index (χ1v) is 8.29. The molecule has 118 valence electrons. The predicted molar refractivity (Wildman–Crippen MR) is 85.7 cm³/mol. The van der Waals surface area contributed by atoms with Gasteiger partial charge in [0.25, 0.3) is 0 Å². The van der Waals surface area contributed by atoms with Crippen molar-refractivity contribution in [3.63, 3.8) is 0 Å². The molecule has 0 saturated carbocycles. The van der Waals surface area contributed by atoms with Crippen LogP contribution in [0, 0.1) is 0 Å². The molecule has 2 aliphatic heterocycles. The zero-order valence-electron chi connectivity index (χ0n) is 12.8. The van der Waals surface area contributed by atoms with E-state index in [-0.39, 0.29) is 23.9 Å². The molecule has 0 aliphatic carbocycles. The van der Waals surface area contributed by atoms with Gasteiger partial charge in [-0.1, -0.05) is 29.8 Å². The lowest BCUT2D eigenvalue weighted by Gasteiger charge is -2.41. The molecule has 1 aromatic rings. The van der Waals surface area contributed by atoms with Crippen molar-refractivity contribution < 1.29 is 9.59 Å². The van der Waals surface area contributed by atoms with Crippen LogP contribution in [-0.2, 0) is 16.0 Å². The Morgan fingerprint density at radius 3 is 2.91 bits per heavy atom. The molecule has 3 rings (SSSR count). The quantitative estimate of drug-likeness (QED) is 0.858. The van der Waals surface area contributed by atoms with Crippen molar-refractivity contribution in [2.24, 2.45) is 0 Å². The Kier molecular flexibility index (Phi) is 4.39. The number of hydrogen-bond acceptors (Lipinski definition) is 2. The van der Waals surface area contributed by atoms with Gasteiger partial charge in [-0.25, -0.2) is 0 Å². The molecular formula is C17H21ClN2O2. The molecule has 2 saturated heterocycles. The van der Waals surface area contributed by atoms with E-state index in [0.717, 1.165) is 24.9 Å². The standard InChI is InChI=1S/C17H21ClN2O2/c1-12-17(22)19-10-4-6-14(19)11-20(12)16(21)9-8-13-5-2-3-7-15(13)18/h2-3,5,7,12,14H,4,6,8-11H2,1H3/t12-,14+/m0/s1. The summed E-state index contributed by atoms with van der Waals surface area (Å²) in [5.74, 6) is 0.146. The average molecular weight is 321 g/mol. The van der Waals surface area contributed by atoms with Crippen molar-refractivity contribution in [3.8, 4) is 0 Å². The molecule has 2 fully saturated rings. The molecule has 2 heterocycles. The van der Waals surface area contributed by atoms with Crippen LogP contribution in [0.3, 0.4) is 0 Å². The van der Waals surface area contributed by atoms with Crippen molar-refractivity contribution in [2.45, 2.75) is 44.7 Å². The Labute approximate surface area is 136 Å². The molecule has 0 aromatic heterocycles. The van der Waals surface area contributed by atoms with E-state index in [0.29, 0.717) is 24.4 Å². The third kappa shape index (κ3) is 2.84. The first-order valence-electron chi connectivity index (χ1n) is 7.91. The first-order chi connectivity index (χ1) is 10.6. The van der Waals surface area contributed by atoms with Crippen molar-refractivity contribution >= 4 is 23.4 Å². The van der Waals surface area contributed by atoms with Crippen molar-refractivity contribution in [3.05, 3.63) is 34.9 Å². The van der Waals surface area contributed by atoms with E-state index in [9.17, 15) is 9.59 Å². The molecule has 2 amide bonds. The summed E-state index contributed by atoms with van der Waals surface area (Å²) in [7, 11) is 0. The number of halogens is 1. The summed E-state index contributed by atoms with van der Waals surface area (Å²) in [6.07, 6.45) is 3.07. The van der Waals surface area contributed by atoms with Gasteiger partial charge in [0.05, 0.1) is 0 Å². The zero-order chi connectivity index (χ0) is 15.7. The van der Waals surface area contributed by atoms with Crippen molar-refractivity contribution in [2.75, 3.05) is 13.1 Å². The van der Waals surface area contributed by atoms with Gasteiger partial charge >= 0.3 is 0 Å². The summed E-state index contributed by atoms with van der Waals surface area (Å²) in [5, 5.41) is 0.694. The van der Waals surface area contributed by atoms with Crippen LogP contribution in [0.25, 0.3) is 0 Å². The molecule has 0 N–H and O–H groups in total. The highest BCUT2D eigenvalue weighted by molar-refractivity contribution is 6.31. The van der Waals surface area contributed by atoms with E-state index < -0.39 is 0 Å². The highest BCUT2D eigenvalue weighted by atomic mass is 35.5. The maximum atomic E-state index is 12.5. The third-order valence-electron chi connectivity index (χ3n) is 4.78. The maximum Gasteiger partial charge on any atom is 0.245 e. The zero-order valence-corrected chi connectivity index (χ0v) is 13.6. The van der Waals surface area contributed by atoms with Gasteiger partial charge in [-0.05, 0) is 37.8 Å². The van der Waals surface area contributed by atoms with E-state index in [1.807, 2.05) is 36.1 Å². The van der Waals surface area contributed by atoms with E-state index in [1.165, 1.54) is 0 Å². The van der Waals surface area contributed by atoms with Gasteiger partial charge in [-0.3, -0.25) is 9.59 Å². The van der Waals surface area contributed by atoms with Crippen molar-refractivity contribution in [1.29, 1.82) is 0 Å². The van der Waals surface area contributed by atoms with Crippen LogP contribution in [0.5, 0.6) is 0 Å². The van der Waals surface area contributed by atoms with Crippen LogP contribution >= 0.6 is 11.6 Å². The number of fused-ring (bicyclic) bond motifs is 1. The monoisotopic (exact) mass is 320 g/mol. The third-order valence-corrected chi connectivity index (χ3v) is 5.15. The van der Waals surface area contributed by atoms with Crippen LogP contribution in [0.15, 0.2) is 24.3 Å². The summed E-state index contributed by atoms with van der Waals surface area (Å²) in [6, 6.07) is 7.47. The Balaban J connectivity index is 1.64. The van der Waals surface area contributed by atoms with Crippen LogP contribution in [0.1, 0.15) is 31.7 Å². The number of piperazine rings is 1. The summed E-state index contributed by atoms with van der Waals surface area (Å²) in [6.45, 7) is 3.36. The Morgan fingerprint density at radius 1 is 1.36 bits per heavy atom. The smallest absolute Gasteiger partial charge is 0.245 e. The minimum atomic E-state index is -0.340. The van der Waals surface area contributed by atoms with E-state index in [2.05, 4.69) is 0 Å². The largest absolute Gasteiger partial charge is 0.336 e. The number of carbonyl (C=O) groups excluding carboxylic acids is 2. The molecule has 1 aromatic carbocycles. The van der Waals surface area contributed by atoms with Crippen LogP contribution < -0.4 is 0 Å². The number of aryl methyl sites for hydroxylation is 1. The summed E-state index contributed by atoms with van der Waals surface area (Å²) in [5.41, 5.74) is 0.982. The highest BCUT2D eigenvalue weighted by Gasteiger charge is 2.41. The van der Waals surface area contributed by atoms with Gasteiger partial charge in [-0.2, -0.15) is 0 Å². The predicted octanol–water partition coefficient (Wildman–Crippen LogP) is 2.49. The lowest BCUT2D eigenvalue weighted by atomic mass is 10.0. The first kappa shape index (κ1) is 15.3. The van der Waals surface area contributed by atoms with Crippen molar-refractivity contribution in [1.82, 2.24) is 9.80 Å².